The Labute approximate surface area is 72.0 Å². The van der Waals surface area contributed by atoms with Crippen molar-refractivity contribution < 1.29 is 14.6 Å². The van der Waals surface area contributed by atoms with Crippen LogP contribution in [0.1, 0.15) is 13.8 Å². The lowest BCUT2D eigenvalue weighted by molar-refractivity contribution is -0.143. The van der Waals surface area contributed by atoms with E-state index in [1.165, 1.54) is 0 Å². The Bertz CT molecular complexity index is 212. The second-order valence-electron chi connectivity index (χ2n) is 3.87. The molecule has 12 heavy (non-hydrogen) atoms. The summed E-state index contributed by atoms with van der Waals surface area (Å²) < 4.78 is 11.0. The number of ether oxygens (including phenoxy) is 2. The number of rotatable bonds is 1. The zero-order chi connectivity index (χ0) is 8.93. The molecule has 0 aromatic carbocycles. The summed E-state index contributed by atoms with van der Waals surface area (Å²) in [7, 11) is 0. The Morgan fingerprint density at radius 1 is 1.33 bits per heavy atom. The lowest BCUT2D eigenvalue weighted by atomic mass is 9.76. The maximum Gasteiger partial charge on any atom is 0.163 e. The van der Waals surface area contributed by atoms with E-state index >= 15 is 0 Å². The highest BCUT2D eigenvalue weighted by molar-refractivity contribution is 5.10. The molecule has 0 aromatic heterocycles. The summed E-state index contributed by atoms with van der Waals surface area (Å²) in [5, 5.41) is 9.53. The van der Waals surface area contributed by atoms with Crippen LogP contribution in [0.4, 0.5) is 0 Å². The van der Waals surface area contributed by atoms with Gasteiger partial charge in [0, 0.05) is 5.92 Å². The largest absolute Gasteiger partial charge is 0.390 e. The Morgan fingerprint density at radius 2 is 1.92 bits per heavy atom. The van der Waals surface area contributed by atoms with Gasteiger partial charge in [-0.2, -0.15) is 0 Å². The average Bonchev–Trinajstić information content (AvgIpc) is 2.25. The average molecular weight is 170 g/mol. The maximum absolute atomic E-state index is 9.53. The van der Waals surface area contributed by atoms with Crippen LogP contribution < -0.4 is 0 Å². The Balaban J connectivity index is 2.11. The summed E-state index contributed by atoms with van der Waals surface area (Å²) in [6, 6.07) is 0. The van der Waals surface area contributed by atoms with Gasteiger partial charge in [-0.1, -0.05) is 6.08 Å². The third kappa shape index (κ3) is 0.937. The van der Waals surface area contributed by atoms with Crippen molar-refractivity contribution in [1.29, 1.82) is 0 Å². The minimum absolute atomic E-state index is 0.00694. The van der Waals surface area contributed by atoms with Crippen LogP contribution in [0.15, 0.2) is 12.7 Å². The number of fused-ring (bicyclic) bond motifs is 1. The number of hydrogen-bond donors (Lipinski definition) is 1. The molecule has 4 atom stereocenters. The van der Waals surface area contributed by atoms with Gasteiger partial charge < -0.3 is 14.6 Å². The van der Waals surface area contributed by atoms with Gasteiger partial charge in [-0.05, 0) is 13.8 Å². The normalized spacial score (nSPS) is 49.6. The molecule has 0 amide bonds. The van der Waals surface area contributed by atoms with Crippen LogP contribution in [0.5, 0.6) is 0 Å². The highest BCUT2D eigenvalue weighted by Crippen LogP contribution is 2.44. The third-order valence-corrected chi connectivity index (χ3v) is 2.55. The monoisotopic (exact) mass is 170 g/mol. The molecule has 0 spiro atoms. The summed E-state index contributed by atoms with van der Waals surface area (Å²) >= 11 is 0. The molecule has 1 aliphatic carbocycles. The van der Waals surface area contributed by atoms with Crippen molar-refractivity contribution >= 4 is 0 Å². The summed E-state index contributed by atoms with van der Waals surface area (Å²) in [5.41, 5.74) is 0. The van der Waals surface area contributed by atoms with Gasteiger partial charge in [0.1, 0.15) is 6.10 Å². The molecule has 0 radical (unpaired) electrons. The van der Waals surface area contributed by atoms with Crippen LogP contribution in [-0.4, -0.2) is 29.2 Å². The van der Waals surface area contributed by atoms with Crippen molar-refractivity contribution in [2.75, 3.05) is 0 Å². The Kier molecular flexibility index (Phi) is 1.59. The molecule has 1 heterocycles. The fourth-order valence-electron chi connectivity index (χ4n) is 1.92. The second kappa shape index (κ2) is 2.31. The van der Waals surface area contributed by atoms with E-state index in [1.54, 1.807) is 6.08 Å². The summed E-state index contributed by atoms with van der Waals surface area (Å²) in [6.45, 7) is 7.36. The van der Waals surface area contributed by atoms with Crippen LogP contribution in [0.3, 0.4) is 0 Å². The SMILES string of the molecule is C=C[C@@H]1[C@@H](O)[C@@H]2OC(C)(C)O[C@H]12. The smallest absolute Gasteiger partial charge is 0.163 e. The molecule has 1 saturated heterocycles. The molecule has 2 rings (SSSR count). The molecule has 3 nitrogen and oxygen atoms in total. The van der Waals surface area contributed by atoms with E-state index in [0.29, 0.717) is 0 Å². The minimum Gasteiger partial charge on any atom is -0.390 e. The Morgan fingerprint density at radius 3 is 2.50 bits per heavy atom. The van der Waals surface area contributed by atoms with E-state index in [4.69, 9.17) is 9.47 Å². The highest BCUT2D eigenvalue weighted by atomic mass is 16.8. The summed E-state index contributed by atoms with van der Waals surface area (Å²) in [5.74, 6) is -0.509. The van der Waals surface area contributed by atoms with Crippen LogP contribution in [0.25, 0.3) is 0 Å². The summed E-state index contributed by atoms with van der Waals surface area (Å²) in [6.07, 6.45) is 1.15. The molecule has 1 saturated carbocycles. The van der Waals surface area contributed by atoms with Gasteiger partial charge in [-0.25, -0.2) is 0 Å². The zero-order valence-electron chi connectivity index (χ0n) is 7.36. The van der Waals surface area contributed by atoms with E-state index in [9.17, 15) is 5.11 Å². The van der Waals surface area contributed by atoms with Crippen molar-refractivity contribution in [3.8, 4) is 0 Å². The van der Waals surface area contributed by atoms with Gasteiger partial charge in [0.15, 0.2) is 5.79 Å². The molecule has 0 bridgehead atoms. The van der Waals surface area contributed by atoms with Crippen LogP contribution in [0.2, 0.25) is 0 Å². The zero-order valence-corrected chi connectivity index (χ0v) is 7.36. The Hall–Kier alpha value is -0.380. The standard InChI is InChI=1S/C9H14O3/c1-4-5-6(10)8-7(5)11-9(2,3)12-8/h4-8,10H,1H2,2-3H3/t5-,6-,7-,8+/m1/s1. The molecular formula is C9H14O3. The molecule has 3 heteroatoms. The second-order valence-corrected chi connectivity index (χ2v) is 3.87. The highest BCUT2D eigenvalue weighted by Gasteiger charge is 2.58. The lowest BCUT2D eigenvalue weighted by Gasteiger charge is -2.40. The van der Waals surface area contributed by atoms with Gasteiger partial charge in [-0.3, -0.25) is 0 Å². The quantitative estimate of drug-likeness (QED) is 0.588. The number of aliphatic hydroxyl groups is 1. The first-order valence-electron chi connectivity index (χ1n) is 4.21. The van der Waals surface area contributed by atoms with E-state index in [1.807, 2.05) is 13.8 Å². The predicted octanol–water partition coefficient (Wildman–Crippen LogP) is 0.683. The van der Waals surface area contributed by atoms with Gasteiger partial charge in [0.25, 0.3) is 0 Å². The van der Waals surface area contributed by atoms with Crippen molar-refractivity contribution in [3.63, 3.8) is 0 Å². The van der Waals surface area contributed by atoms with Crippen molar-refractivity contribution in [1.82, 2.24) is 0 Å². The first-order valence-corrected chi connectivity index (χ1v) is 4.21. The molecule has 2 aliphatic rings. The lowest BCUT2D eigenvalue weighted by Crippen LogP contribution is -2.56. The maximum atomic E-state index is 9.53. The minimum atomic E-state index is -0.548. The topological polar surface area (TPSA) is 38.7 Å². The fraction of sp³-hybridized carbons (Fsp3) is 0.778. The molecule has 2 fully saturated rings. The van der Waals surface area contributed by atoms with Gasteiger partial charge in [-0.15, -0.1) is 6.58 Å². The van der Waals surface area contributed by atoms with E-state index in [0.717, 1.165) is 0 Å². The van der Waals surface area contributed by atoms with Crippen molar-refractivity contribution in [3.05, 3.63) is 12.7 Å². The molecule has 0 aromatic rings. The predicted molar refractivity (Wildman–Crippen MR) is 43.5 cm³/mol. The van der Waals surface area contributed by atoms with Crippen molar-refractivity contribution in [2.24, 2.45) is 5.92 Å². The van der Waals surface area contributed by atoms with Crippen LogP contribution in [0, 0.1) is 5.92 Å². The summed E-state index contributed by atoms with van der Waals surface area (Å²) in [4.78, 5) is 0. The van der Waals surface area contributed by atoms with Crippen molar-refractivity contribution in [2.45, 2.75) is 37.9 Å². The van der Waals surface area contributed by atoms with Gasteiger partial charge in [0.2, 0.25) is 0 Å². The van der Waals surface area contributed by atoms with Gasteiger partial charge in [0.05, 0.1) is 12.2 Å². The first-order chi connectivity index (χ1) is 5.55. The molecule has 1 aliphatic heterocycles. The number of aliphatic hydroxyl groups excluding tert-OH is 1. The third-order valence-electron chi connectivity index (χ3n) is 2.55. The molecule has 1 N–H and O–H groups in total. The fourth-order valence-corrected chi connectivity index (χ4v) is 1.92. The van der Waals surface area contributed by atoms with Crippen LogP contribution in [-0.2, 0) is 9.47 Å². The molecule has 0 unspecified atom stereocenters. The first kappa shape index (κ1) is 8.23. The molecule has 68 valence electrons. The van der Waals surface area contributed by atoms with E-state index < -0.39 is 11.9 Å². The van der Waals surface area contributed by atoms with E-state index in [2.05, 4.69) is 6.58 Å². The molecular weight excluding hydrogens is 156 g/mol. The van der Waals surface area contributed by atoms with Gasteiger partial charge >= 0.3 is 0 Å². The number of hydrogen-bond acceptors (Lipinski definition) is 3. The van der Waals surface area contributed by atoms with Crippen LogP contribution >= 0.6 is 0 Å². The van der Waals surface area contributed by atoms with E-state index in [-0.39, 0.29) is 18.1 Å².